The van der Waals surface area contributed by atoms with Crippen LogP contribution in [-0.4, -0.2) is 58.4 Å². The molecule has 0 aliphatic rings. The minimum absolute atomic E-state index is 0. The van der Waals surface area contributed by atoms with Crippen molar-refractivity contribution in [2.75, 3.05) is 0 Å². The van der Waals surface area contributed by atoms with E-state index < -0.39 is 15.6 Å². The van der Waals surface area contributed by atoms with E-state index >= 15 is 0 Å². The smallest absolute Gasteiger partial charge is 0.741 e. The molecular formula is C41H32F3MoN12O3SW-3. The van der Waals surface area contributed by atoms with Crippen molar-refractivity contribution in [3.8, 4) is 0 Å². The minimum Gasteiger partial charge on any atom is -0.741 e. The van der Waals surface area contributed by atoms with Crippen molar-refractivity contribution in [2.24, 2.45) is 0 Å². The van der Waals surface area contributed by atoms with E-state index in [9.17, 15) is 13.2 Å². The maximum Gasteiger partial charge on any atom is 2.00 e. The molecule has 316 valence electrons. The van der Waals surface area contributed by atoms with Gasteiger partial charge in [-0.3, -0.25) is 0 Å². The Balaban J connectivity index is 0.000000267. The number of nitrogens with zero attached hydrogens (tertiary/aromatic N) is 12. The molecule has 0 fully saturated rings. The maximum absolute atomic E-state index is 10.7. The van der Waals surface area contributed by atoms with Crippen molar-refractivity contribution < 1.29 is 68.3 Å². The third-order valence-electron chi connectivity index (χ3n) is 6.39. The average molecular weight is 1110 g/mol. The van der Waals surface area contributed by atoms with Crippen LogP contribution in [-0.2, 0) is 52.2 Å². The van der Waals surface area contributed by atoms with Crippen molar-refractivity contribution >= 4 is 56.7 Å². The quantitative estimate of drug-likeness (QED) is 0.0792. The molecule has 15 nitrogen and oxygen atoms in total. The number of halogens is 3. The Kier molecular flexibility index (Phi) is 24.0. The summed E-state index contributed by atoms with van der Waals surface area (Å²) in [7, 11) is -6.09. The van der Waals surface area contributed by atoms with Gasteiger partial charge in [0.15, 0.2) is 10.1 Å². The van der Waals surface area contributed by atoms with Gasteiger partial charge in [0, 0.05) is 67.6 Å². The molecule has 8 heterocycles. The Hall–Kier alpha value is -6.52. The van der Waals surface area contributed by atoms with E-state index in [-0.39, 0.29) is 42.1 Å². The topological polar surface area (TPSA) is 217 Å². The number of hydrogen-bond acceptors (Lipinski definition) is 11. The second-order valence-electron chi connectivity index (χ2n) is 10.9. The molecule has 8 rings (SSSR count). The molecule has 0 radical (unpaired) electrons. The van der Waals surface area contributed by atoms with Gasteiger partial charge in [-0.15, -0.1) is 0 Å². The van der Waals surface area contributed by atoms with E-state index in [2.05, 4.69) is 61.1 Å². The molecule has 0 N–H and O–H groups in total. The number of aromatic nitrogens is 8. The SMILES string of the molecule is O=S(=O)([O-])C(F)(F)F.[Mo+2].[W].c1ccc([N-]c2ccccn2)nc1.c1ccc([N-]c2ccccn2)nc1.c1ccc([N-]c2ccccn2)nc1.c1ccc([N-]c2ccccn2)nc1. The number of pyridine rings is 8. The summed E-state index contributed by atoms with van der Waals surface area (Å²) in [5, 5.41) is 16.9. The molecule has 0 aliphatic carbocycles. The number of rotatable bonds is 8. The fourth-order valence-corrected chi connectivity index (χ4v) is 3.83. The first-order valence-corrected chi connectivity index (χ1v) is 18.6. The molecule has 8 aromatic rings. The predicted molar refractivity (Wildman–Crippen MR) is 220 cm³/mol. The van der Waals surface area contributed by atoms with E-state index in [1.165, 1.54) is 0 Å². The van der Waals surface area contributed by atoms with Gasteiger partial charge < -0.3 is 65.7 Å². The first-order chi connectivity index (χ1) is 29.0. The van der Waals surface area contributed by atoms with Gasteiger partial charge in [-0.25, -0.2) is 8.42 Å². The van der Waals surface area contributed by atoms with Crippen LogP contribution in [0.3, 0.4) is 0 Å². The normalized spacial score (nSPS) is 9.81. The van der Waals surface area contributed by atoms with Crippen molar-refractivity contribution in [3.05, 3.63) is 216 Å². The van der Waals surface area contributed by atoms with Crippen molar-refractivity contribution in [3.63, 3.8) is 0 Å². The average Bonchev–Trinajstić information content (AvgIpc) is 3.27. The van der Waals surface area contributed by atoms with Gasteiger partial charge in [0.2, 0.25) is 0 Å². The van der Waals surface area contributed by atoms with Gasteiger partial charge in [-0.05, 0) is 98.1 Å². The Morgan fingerprint density at radius 2 is 0.484 bits per heavy atom. The van der Waals surface area contributed by atoms with Crippen molar-refractivity contribution in [1.29, 1.82) is 0 Å². The molecule has 0 amide bonds. The molecule has 0 aliphatic heterocycles. The third kappa shape index (κ3) is 21.6. The molecule has 62 heavy (non-hydrogen) atoms. The summed E-state index contributed by atoms with van der Waals surface area (Å²) in [4.78, 5) is 32.5. The zero-order valence-electron chi connectivity index (χ0n) is 31.9. The summed E-state index contributed by atoms with van der Waals surface area (Å²) in [5.41, 5.74) is -5.65. The first kappa shape index (κ1) is 51.6. The standard InChI is InChI=1S/4C10H8N3.CHF3O3S.Mo.W/c4*1-3-7-11-9(5-1)13-10-6-2-4-8-12-10;2-1(3,4)8(5,6)7;;/h4*1-8H;(H,5,6,7);;/q4*-1;;+2;/p-1. The molecule has 0 bridgehead atoms. The summed E-state index contributed by atoms with van der Waals surface area (Å²) in [5.74, 6) is 5.45. The van der Waals surface area contributed by atoms with Crippen LogP contribution in [0.1, 0.15) is 0 Å². The number of hydrogen-bond donors (Lipinski definition) is 0. The summed E-state index contributed by atoms with van der Waals surface area (Å²) >= 11 is 0. The Labute approximate surface area is 384 Å². The van der Waals surface area contributed by atoms with Gasteiger partial charge >= 0.3 is 26.6 Å². The van der Waals surface area contributed by atoms with E-state index in [0.29, 0.717) is 46.5 Å². The molecule has 0 spiro atoms. The van der Waals surface area contributed by atoms with Crippen LogP contribution >= 0.6 is 0 Å². The third-order valence-corrected chi connectivity index (χ3v) is 6.96. The van der Waals surface area contributed by atoms with E-state index in [1.54, 1.807) is 49.6 Å². The second-order valence-corrected chi connectivity index (χ2v) is 12.2. The van der Waals surface area contributed by atoms with Crippen LogP contribution < -0.4 is 0 Å². The Morgan fingerprint density at radius 1 is 0.355 bits per heavy atom. The molecule has 0 aromatic carbocycles. The predicted octanol–water partition coefficient (Wildman–Crippen LogP) is 11.3. The molecule has 0 unspecified atom stereocenters. The van der Waals surface area contributed by atoms with E-state index in [0.717, 1.165) is 0 Å². The van der Waals surface area contributed by atoms with Crippen LogP contribution in [0.2, 0.25) is 0 Å². The van der Waals surface area contributed by atoms with Gasteiger partial charge in [0.05, 0.1) is 0 Å². The first-order valence-electron chi connectivity index (χ1n) is 17.2. The largest absolute Gasteiger partial charge is 2.00 e. The summed E-state index contributed by atoms with van der Waals surface area (Å²) < 4.78 is 58.9. The van der Waals surface area contributed by atoms with Crippen LogP contribution in [0.4, 0.5) is 59.7 Å². The fourth-order valence-electron chi connectivity index (χ4n) is 3.83. The van der Waals surface area contributed by atoms with E-state index in [1.807, 2.05) is 146 Å². The van der Waals surface area contributed by atoms with Crippen LogP contribution in [0.25, 0.3) is 21.3 Å². The van der Waals surface area contributed by atoms with Gasteiger partial charge in [-0.1, -0.05) is 97.1 Å². The van der Waals surface area contributed by atoms with Gasteiger partial charge in [0.1, 0.15) is 0 Å². The Morgan fingerprint density at radius 3 is 0.565 bits per heavy atom. The zero-order valence-corrected chi connectivity index (χ0v) is 37.7. The molecular weight excluding hydrogens is 1080 g/mol. The van der Waals surface area contributed by atoms with Crippen LogP contribution in [0.15, 0.2) is 195 Å². The second kappa shape index (κ2) is 28.9. The zero-order chi connectivity index (χ0) is 42.7. The number of alkyl halides is 3. The van der Waals surface area contributed by atoms with Crippen molar-refractivity contribution in [1.82, 2.24) is 39.9 Å². The van der Waals surface area contributed by atoms with E-state index in [4.69, 9.17) is 13.0 Å². The summed E-state index contributed by atoms with van der Waals surface area (Å²) in [6.07, 6.45) is 13.7. The van der Waals surface area contributed by atoms with Crippen LogP contribution in [0, 0.1) is 0 Å². The fraction of sp³-hybridized carbons (Fsp3) is 0.0244. The molecule has 8 aromatic heterocycles. The van der Waals surface area contributed by atoms with Crippen molar-refractivity contribution in [2.45, 2.75) is 5.51 Å². The Bertz CT molecular complexity index is 1980. The molecule has 0 saturated heterocycles. The molecule has 21 heteroatoms. The molecule has 0 atom stereocenters. The summed E-state index contributed by atoms with van der Waals surface area (Å²) in [6.45, 7) is 0. The van der Waals surface area contributed by atoms with Gasteiger partial charge in [0.25, 0.3) is 0 Å². The van der Waals surface area contributed by atoms with Gasteiger partial charge in [-0.2, -0.15) is 13.2 Å². The summed E-state index contributed by atoms with van der Waals surface area (Å²) in [6, 6.07) is 44.8. The molecule has 0 saturated carbocycles. The van der Waals surface area contributed by atoms with Crippen LogP contribution in [0.5, 0.6) is 0 Å². The maximum atomic E-state index is 10.7. The minimum atomic E-state index is -6.09. The monoisotopic (exact) mass is 1110 g/mol.